The van der Waals surface area contributed by atoms with E-state index in [2.05, 4.69) is 4.98 Å². The topological polar surface area (TPSA) is 77.7 Å². The number of morpholine rings is 1. The van der Waals surface area contributed by atoms with Crippen molar-refractivity contribution >= 4 is 17.5 Å². The Morgan fingerprint density at radius 2 is 2.32 bits per heavy atom. The van der Waals surface area contributed by atoms with Gasteiger partial charge in [0.05, 0.1) is 31.2 Å². The summed E-state index contributed by atoms with van der Waals surface area (Å²) in [5, 5.41) is 0. The summed E-state index contributed by atoms with van der Waals surface area (Å²) >= 11 is 0. The van der Waals surface area contributed by atoms with Crippen molar-refractivity contribution in [3.05, 3.63) is 17.8 Å². The number of nitrogen functional groups attached to an aromatic ring is 1. The molecule has 2 N–H and O–H groups in total. The van der Waals surface area contributed by atoms with Gasteiger partial charge in [0, 0.05) is 13.1 Å². The molecule has 1 saturated heterocycles. The first kappa shape index (κ1) is 13.6. The minimum absolute atomic E-state index is 0.269. The van der Waals surface area contributed by atoms with Crippen molar-refractivity contribution in [1.82, 2.24) is 4.98 Å². The maximum atomic E-state index is 11.8. The number of esters is 1. The van der Waals surface area contributed by atoms with Gasteiger partial charge in [0.2, 0.25) is 0 Å². The molecule has 1 aromatic rings. The average Bonchev–Trinajstić information content (AvgIpc) is 2.36. The van der Waals surface area contributed by atoms with E-state index in [-0.39, 0.29) is 5.60 Å². The first-order valence-electron chi connectivity index (χ1n) is 6.16. The van der Waals surface area contributed by atoms with E-state index < -0.39 is 5.97 Å². The summed E-state index contributed by atoms with van der Waals surface area (Å²) < 4.78 is 10.4. The summed E-state index contributed by atoms with van der Waals surface area (Å²) in [6, 6.07) is 1.59. The molecule has 0 aromatic carbocycles. The van der Waals surface area contributed by atoms with Crippen molar-refractivity contribution in [2.24, 2.45) is 0 Å². The molecule has 6 nitrogen and oxygen atoms in total. The third-order valence-corrected chi connectivity index (χ3v) is 3.02. The molecule has 1 aromatic heterocycles. The first-order chi connectivity index (χ1) is 8.93. The highest BCUT2D eigenvalue weighted by Crippen LogP contribution is 2.26. The molecule has 1 aliphatic heterocycles. The number of anilines is 2. The van der Waals surface area contributed by atoms with Gasteiger partial charge in [0.1, 0.15) is 11.4 Å². The van der Waals surface area contributed by atoms with Gasteiger partial charge in [-0.25, -0.2) is 9.78 Å². The minimum Gasteiger partial charge on any atom is -0.465 e. The Balaban J connectivity index is 2.36. The van der Waals surface area contributed by atoms with Crippen molar-refractivity contribution in [2.45, 2.75) is 19.4 Å². The summed E-state index contributed by atoms with van der Waals surface area (Å²) in [6.07, 6.45) is 1.55. The molecule has 104 valence electrons. The Hall–Kier alpha value is -1.82. The maximum absolute atomic E-state index is 11.8. The molecular formula is C13H19N3O3. The van der Waals surface area contributed by atoms with Gasteiger partial charge in [-0.15, -0.1) is 0 Å². The summed E-state index contributed by atoms with van der Waals surface area (Å²) in [5.41, 5.74) is 6.25. The van der Waals surface area contributed by atoms with Gasteiger partial charge in [-0.2, -0.15) is 0 Å². The van der Waals surface area contributed by atoms with Crippen LogP contribution in [-0.2, 0) is 9.47 Å². The van der Waals surface area contributed by atoms with E-state index in [4.69, 9.17) is 15.2 Å². The van der Waals surface area contributed by atoms with Crippen LogP contribution < -0.4 is 10.6 Å². The fraction of sp³-hybridized carbons (Fsp3) is 0.538. The molecule has 0 unspecified atom stereocenters. The standard InChI is InChI=1S/C13H19N3O3/c1-13(2)8-16(4-5-19-13)11-10(12(17)18-3)6-9(14)7-15-11/h6-7H,4-5,8,14H2,1-3H3. The third kappa shape index (κ3) is 2.96. The lowest BCUT2D eigenvalue weighted by Crippen LogP contribution is -2.49. The van der Waals surface area contributed by atoms with Crippen molar-refractivity contribution in [1.29, 1.82) is 0 Å². The van der Waals surface area contributed by atoms with Crippen molar-refractivity contribution in [2.75, 3.05) is 37.4 Å². The number of carbonyl (C=O) groups is 1. The van der Waals surface area contributed by atoms with E-state index in [0.29, 0.717) is 36.8 Å². The number of ether oxygens (including phenoxy) is 2. The molecule has 2 rings (SSSR count). The molecule has 0 bridgehead atoms. The molecule has 0 spiro atoms. The van der Waals surface area contributed by atoms with Gasteiger partial charge in [-0.05, 0) is 19.9 Å². The second-order valence-corrected chi connectivity index (χ2v) is 5.16. The van der Waals surface area contributed by atoms with Crippen LogP contribution in [0, 0.1) is 0 Å². The van der Waals surface area contributed by atoms with E-state index in [1.54, 1.807) is 12.3 Å². The summed E-state index contributed by atoms with van der Waals surface area (Å²) in [4.78, 5) is 18.1. The summed E-state index contributed by atoms with van der Waals surface area (Å²) in [5.74, 6) is 0.163. The van der Waals surface area contributed by atoms with Gasteiger partial charge in [-0.3, -0.25) is 0 Å². The number of hydrogen-bond acceptors (Lipinski definition) is 6. The maximum Gasteiger partial charge on any atom is 0.341 e. The number of nitrogens with zero attached hydrogens (tertiary/aromatic N) is 2. The van der Waals surface area contributed by atoms with Crippen molar-refractivity contribution in [3.8, 4) is 0 Å². The Morgan fingerprint density at radius 3 is 2.95 bits per heavy atom. The van der Waals surface area contributed by atoms with Crippen LogP contribution in [0.25, 0.3) is 0 Å². The van der Waals surface area contributed by atoms with Gasteiger partial charge in [-0.1, -0.05) is 0 Å². The highest BCUT2D eigenvalue weighted by molar-refractivity contribution is 5.95. The van der Waals surface area contributed by atoms with Gasteiger partial charge < -0.3 is 20.1 Å². The second-order valence-electron chi connectivity index (χ2n) is 5.16. The molecular weight excluding hydrogens is 246 g/mol. The Bertz CT molecular complexity index is 488. The monoisotopic (exact) mass is 265 g/mol. The number of aromatic nitrogens is 1. The van der Waals surface area contributed by atoms with Gasteiger partial charge in [0.25, 0.3) is 0 Å². The fourth-order valence-corrected chi connectivity index (χ4v) is 2.18. The lowest BCUT2D eigenvalue weighted by atomic mass is 10.1. The Morgan fingerprint density at radius 1 is 1.58 bits per heavy atom. The first-order valence-corrected chi connectivity index (χ1v) is 6.16. The predicted molar refractivity (Wildman–Crippen MR) is 72.2 cm³/mol. The second kappa shape index (κ2) is 5.05. The average molecular weight is 265 g/mol. The molecule has 0 saturated carbocycles. The van der Waals surface area contributed by atoms with Gasteiger partial charge >= 0.3 is 5.97 Å². The van der Waals surface area contributed by atoms with Crippen LogP contribution >= 0.6 is 0 Å². The molecule has 0 atom stereocenters. The number of hydrogen-bond donors (Lipinski definition) is 1. The van der Waals surface area contributed by atoms with Gasteiger partial charge in [0.15, 0.2) is 0 Å². The van der Waals surface area contributed by atoms with Crippen LogP contribution in [0.5, 0.6) is 0 Å². The van der Waals surface area contributed by atoms with Crippen LogP contribution in [-0.4, -0.2) is 43.4 Å². The third-order valence-electron chi connectivity index (χ3n) is 3.02. The van der Waals surface area contributed by atoms with E-state index >= 15 is 0 Å². The molecule has 1 fully saturated rings. The fourth-order valence-electron chi connectivity index (χ4n) is 2.18. The lowest BCUT2D eigenvalue weighted by molar-refractivity contribution is -0.0279. The highest BCUT2D eigenvalue weighted by atomic mass is 16.5. The normalized spacial score (nSPS) is 18.2. The highest BCUT2D eigenvalue weighted by Gasteiger charge is 2.30. The number of rotatable bonds is 2. The van der Waals surface area contributed by atoms with E-state index in [0.717, 1.165) is 0 Å². The van der Waals surface area contributed by atoms with E-state index in [1.807, 2.05) is 18.7 Å². The quantitative estimate of drug-likeness (QED) is 0.806. The molecule has 0 amide bonds. The molecule has 2 heterocycles. The van der Waals surface area contributed by atoms with Crippen molar-refractivity contribution < 1.29 is 14.3 Å². The van der Waals surface area contributed by atoms with Crippen LogP contribution in [0.1, 0.15) is 24.2 Å². The minimum atomic E-state index is -0.431. The zero-order valence-electron chi connectivity index (χ0n) is 11.5. The summed E-state index contributed by atoms with van der Waals surface area (Å²) in [7, 11) is 1.35. The largest absolute Gasteiger partial charge is 0.465 e. The van der Waals surface area contributed by atoms with Crippen molar-refractivity contribution in [3.63, 3.8) is 0 Å². The zero-order chi connectivity index (χ0) is 14.0. The summed E-state index contributed by atoms with van der Waals surface area (Å²) in [6.45, 7) is 5.96. The van der Waals surface area contributed by atoms with Crippen LogP contribution in [0.4, 0.5) is 11.5 Å². The zero-order valence-corrected chi connectivity index (χ0v) is 11.5. The molecule has 6 heteroatoms. The van der Waals surface area contributed by atoms with Crippen LogP contribution in [0.2, 0.25) is 0 Å². The molecule has 1 aliphatic rings. The smallest absolute Gasteiger partial charge is 0.341 e. The lowest BCUT2D eigenvalue weighted by Gasteiger charge is -2.39. The Kier molecular flexibility index (Phi) is 3.61. The van der Waals surface area contributed by atoms with E-state index in [1.165, 1.54) is 7.11 Å². The number of carbonyl (C=O) groups excluding carboxylic acids is 1. The SMILES string of the molecule is COC(=O)c1cc(N)cnc1N1CCOC(C)(C)C1. The van der Waals surface area contributed by atoms with E-state index in [9.17, 15) is 4.79 Å². The molecule has 19 heavy (non-hydrogen) atoms. The Labute approximate surface area is 112 Å². The molecule has 0 radical (unpaired) electrons. The predicted octanol–water partition coefficient (Wildman–Crippen LogP) is 1.07. The molecule has 0 aliphatic carbocycles. The number of methoxy groups -OCH3 is 1. The number of nitrogens with two attached hydrogens (primary N) is 1. The number of pyridine rings is 1. The van der Waals surface area contributed by atoms with Crippen LogP contribution in [0.3, 0.4) is 0 Å². The van der Waals surface area contributed by atoms with Crippen LogP contribution in [0.15, 0.2) is 12.3 Å².